The highest BCUT2D eigenvalue weighted by Gasteiger charge is 2.24. The molecule has 2 N–H and O–H groups in total. The molecule has 2 atom stereocenters. The van der Waals surface area contributed by atoms with Gasteiger partial charge >= 0.3 is 0 Å². The average Bonchev–Trinajstić information content (AvgIpc) is 2.41. The lowest BCUT2D eigenvalue weighted by Gasteiger charge is -2.28. The van der Waals surface area contributed by atoms with E-state index in [0.29, 0.717) is 6.42 Å². The zero-order valence-corrected chi connectivity index (χ0v) is 11.3. The molecule has 1 saturated carbocycles. The molecule has 1 amide bonds. The van der Waals surface area contributed by atoms with Crippen LogP contribution in [-0.2, 0) is 11.2 Å². The van der Waals surface area contributed by atoms with Crippen molar-refractivity contribution in [2.75, 3.05) is 7.11 Å². The van der Waals surface area contributed by atoms with Crippen LogP contribution >= 0.6 is 0 Å². The summed E-state index contributed by atoms with van der Waals surface area (Å²) in [5.74, 6) is 0.710. The first kappa shape index (κ1) is 13.9. The van der Waals surface area contributed by atoms with Gasteiger partial charge in [0.05, 0.1) is 25.7 Å². The molecule has 0 heterocycles. The molecule has 0 aromatic heterocycles. The molecule has 1 aromatic rings. The number of nitrogens with one attached hydrogen (secondary N) is 1. The van der Waals surface area contributed by atoms with Crippen molar-refractivity contribution in [2.45, 2.75) is 44.2 Å². The molecule has 4 nitrogen and oxygen atoms in total. The molecule has 0 bridgehead atoms. The van der Waals surface area contributed by atoms with Crippen molar-refractivity contribution < 1.29 is 14.6 Å². The third-order valence-corrected chi connectivity index (χ3v) is 3.57. The predicted octanol–water partition coefficient (Wildman–Crippen LogP) is 1.66. The summed E-state index contributed by atoms with van der Waals surface area (Å²) in [5.41, 5.74) is 0.919. The van der Waals surface area contributed by atoms with E-state index in [4.69, 9.17) is 4.74 Å². The Morgan fingerprint density at radius 3 is 2.95 bits per heavy atom. The SMILES string of the molecule is COc1cccc(CC(=O)N[C@@H]2CCCC[C@H]2O)c1. The summed E-state index contributed by atoms with van der Waals surface area (Å²) in [4.78, 5) is 12.0. The van der Waals surface area contributed by atoms with Crippen LogP contribution in [0, 0.1) is 0 Å². The molecular formula is C15H21NO3. The van der Waals surface area contributed by atoms with Crippen molar-refractivity contribution in [3.05, 3.63) is 29.8 Å². The van der Waals surface area contributed by atoms with Gasteiger partial charge in [0.1, 0.15) is 5.75 Å². The van der Waals surface area contributed by atoms with Gasteiger partial charge in [0.25, 0.3) is 0 Å². The minimum absolute atomic E-state index is 0.0424. The van der Waals surface area contributed by atoms with Crippen LogP contribution in [-0.4, -0.2) is 30.3 Å². The van der Waals surface area contributed by atoms with Crippen molar-refractivity contribution in [3.8, 4) is 5.75 Å². The third-order valence-electron chi connectivity index (χ3n) is 3.57. The van der Waals surface area contributed by atoms with E-state index in [-0.39, 0.29) is 11.9 Å². The van der Waals surface area contributed by atoms with Crippen molar-refractivity contribution in [1.29, 1.82) is 0 Å². The van der Waals surface area contributed by atoms with E-state index < -0.39 is 6.10 Å². The van der Waals surface area contributed by atoms with E-state index in [9.17, 15) is 9.90 Å². The fraction of sp³-hybridized carbons (Fsp3) is 0.533. The maximum Gasteiger partial charge on any atom is 0.224 e. The molecule has 0 unspecified atom stereocenters. The number of benzene rings is 1. The Morgan fingerprint density at radius 1 is 1.42 bits per heavy atom. The van der Waals surface area contributed by atoms with E-state index >= 15 is 0 Å². The Balaban J connectivity index is 1.89. The lowest BCUT2D eigenvalue weighted by molar-refractivity contribution is -0.122. The summed E-state index contributed by atoms with van der Waals surface area (Å²) in [6, 6.07) is 7.39. The molecule has 104 valence electrons. The molecule has 0 spiro atoms. The standard InChI is InChI=1S/C15H21NO3/c1-19-12-6-4-5-11(9-12)10-15(18)16-13-7-2-3-8-14(13)17/h4-6,9,13-14,17H,2-3,7-8,10H2,1H3,(H,16,18)/t13-,14-/m1/s1. The summed E-state index contributed by atoms with van der Waals surface area (Å²) in [6.07, 6.45) is 3.68. The second-order valence-electron chi connectivity index (χ2n) is 5.05. The maximum atomic E-state index is 12.0. The summed E-state index contributed by atoms with van der Waals surface area (Å²) in [6.45, 7) is 0. The second-order valence-corrected chi connectivity index (χ2v) is 5.05. The highest BCUT2D eigenvalue weighted by molar-refractivity contribution is 5.79. The molecule has 4 heteroatoms. The Labute approximate surface area is 113 Å². The van der Waals surface area contributed by atoms with Gasteiger partial charge in [-0.1, -0.05) is 25.0 Å². The number of methoxy groups -OCH3 is 1. The number of carbonyl (C=O) groups excluding carboxylic acids is 1. The van der Waals surface area contributed by atoms with Gasteiger partial charge in [-0.25, -0.2) is 0 Å². The van der Waals surface area contributed by atoms with Gasteiger partial charge in [-0.15, -0.1) is 0 Å². The van der Waals surface area contributed by atoms with Gasteiger partial charge in [0.15, 0.2) is 0 Å². The lowest BCUT2D eigenvalue weighted by atomic mass is 9.92. The van der Waals surface area contributed by atoms with Crippen LogP contribution in [0.3, 0.4) is 0 Å². The van der Waals surface area contributed by atoms with Gasteiger partial charge in [-0.2, -0.15) is 0 Å². The summed E-state index contributed by atoms with van der Waals surface area (Å²) in [7, 11) is 1.61. The fourth-order valence-corrected chi connectivity index (χ4v) is 2.51. The Kier molecular flexibility index (Phi) is 4.80. The highest BCUT2D eigenvalue weighted by atomic mass is 16.5. The van der Waals surface area contributed by atoms with Crippen molar-refractivity contribution in [3.63, 3.8) is 0 Å². The first-order valence-electron chi connectivity index (χ1n) is 6.79. The quantitative estimate of drug-likeness (QED) is 0.868. The largest absolute Gasteiger partial charge is 0.497 e. The molecule has 0 radical (unpaired) electrons. The summed E-state index contributed by atoms with van der Waals surface area (Å²) in [5, 5.41) is 12.8. The monoisotopic (exact) mass is 263 g/mol. The van der Waals surface area contributed by atoms with Gasteiger partial charge < -0.3 is 15.2 Å². The predicted molar refractivity (Wildman–Crippen MR) is 73.1 cm³/mol. The normalized spacial score (nSPS) is 22.8. The van der Waals surface area contributed by atoms with E-state index in [1.165, 1.54) is 0 Å². The summed E-state index contributed by atoms with van der Waals surface area (Å²) >= 11 is 0. The molecule has 1 fully saturated rings. The average molecular weight is 263 g/mol. The zero-order chi connectivity index (χ0) is 13.7. The minimum Gasteiger partial charge on any atom is -0.497 e. The smallest absolute Gasteiger partial charge is 0.224 e. The number of aliphatic hydroxyl groups is 1. The maximum absolute atomic E-state index is 12.0. The fourth-order valence-electron chi connectivity index (χ4n) is 2.51. The van der Waals surface area contributed by atoms with Crippen molar-refractivity contribution in [1.82, 2.24) is 5.32 Å². The van der Waals surface area contributed by atoms with Crippen LogP contribution in [0.5, 0.6) is 5.75 Å². The molecule has 1 aromatic carbocycles. The summed E-state index contributed by atoms with van der Waals surface area (Å²) < 4.78 is 5.13. The first-order chi connectivity index (χ1) is 9.19. The van der Waals surface area contributed by atoms with Crippen LogP contribution in [0.25, 0.3) is 0 Å². The second kappa shape index (κ2) is 6.57. The van der Waals surface area contributed by atoms with E-state index in [1.807, 2.05) is 24.3 Å². The number of amides is 1. The molecule has 1 aliphatic carbocycles. The molecular weight excluding hydrogens is 242 g/mol. The lowest BCUT2D eigenvalue weighted by Crippen LogP contribution is -2.45. The van der Waals surface area contributed by atoms with Crippen molar-refractivity contribution >= 4 is 5.91 Å². The first-order valence-corrected chi connectivity index (χ1v) is 6.79. The number of aliphatic hydroxyl groups excluding tert-OH is 1. The van der Waals surface area contributed by atoms with Gasteiger partial charge in [0, 0.05) is 0 Å². The molecule has 19 heavy (non-hydrogen) atoms. The van der Waals surface area contributed by atoms with E-state index in [1.54, 1.807) is 7.11 Å². The van der Waals surface area contributed by atoms with E-state index in [0.717, 1.165) is 37.0 Å². The Morgan fingerprint density at radius 2 is 2.21 bits per heavy atom. The minimum atomic E-state index is -0.400. The van der Waals surface area contributed by atoms with Crippen LogP contribution in [0.4, 0.5) is 0 Å². The number of rotatable bonds is 4. The van der Waals surface area contributed by atoms with Gasteiger partial charge in [-0.3, -0.25) is 4.79 Å². The van der Waals surface area contributed by atoms with Crippen molar-refractivity contribution in [2.24, 2.45) is 0 Å². The number of hydrogen-bond donors (Lipinski definition) is 2. The van der Waals surface area contributed by atoms with Crippen LogP contribution in [0.1, 0.15) is 31.2 Å². The van der Waals surface area contributed by atoms with E-state index in [2.05, 4.69) is 5.32 Å². The Hall–Kier alpha value is -1.55. The van der Waals surface area contributed by atoms with Gasteiger partial charge in [0.2, 0.25) is 5.91 Å². The molecule has 2 rings (SSSR count). The van der Waals surface area contributed by atoms with Gasteiger partial charge in [-0.05, 0) is 30.5 Å². The topological polar surface area (TPSA) is 58.6 Å². The third kappa shape index (κ3) is 3.96. The molecule has 0 aliphatic heterocycles. The molecule has 0 saturated heterocycles. The van der Waals surface area contributed by atoms with Crippen LogP contribution in [0.2, 0.25) is 0 Å². The van der Waals surface area contributed by atoms with Crippen LogP contribution in [0.15, 0.2) is 24.3 Å². The number of ether oxygens (including phenoxy) is 1. The zero-order valence-electron chi connectivity index (χ0n) is 11.3. The Bertz CT molecular complexity index is 433. The van der Waals surface area contributed by atoms with Crippen LogP contribution < -0.4 is 10.1 Å². The number of carbonyl (C=O) groups is 1. The highest BCUT2D eigenvalue weighted by Crippen LogP contribution is 2.18. The molecule has 1 aliphatic rings. The number of hydrogen-bond acceptors (Lipinski definition) is 3.